The first-order valence-corrected chi connectivity index (χ1v) is 8.85. The molecule has 0 unspecified atom stereocenters. The Morgan fingerprint density at radius 1 is 1.26 bits per heavy atom. The molecule has 2 heterocycles. The second-order valence-corrected chi connectivity index (χ2v) is 8.09. The first-order chi connectivity index (χ1) is 10.8. The number of halogens is 1. The van der Waals surface area contributed by atoms with Crippen LogP contribution in [0.5, 0.6) is 0 Å². The van der Waals surface area contributed by atoms with Gasteiger partial charge in [0.25, 0.3) is 0 Å². The first kappa shape index (κ1) is 16.4. The summed E-state index contributed by atoms with van der Waals surface area (Å²) < 4.78 is 45.4. The Bertz CT molecular complexity index is 705. The van der Waals surface area contributed by atoms with Gasteiger partial charge in [-0.05, 0) is 30.7 Å². The van der Waals surface area contributed by atoms with E-state index in [4.69, 9.17) is 4.74 Å². The zero-order valence-electron chi connectivity index (χ0n) is 13.0. The highest BCUT2D eigenvalue weighted by atomic mass is 32.2. The summed E-state index contributed by atoms with van der Waals surface area (Å²) in [7, 11) is -0.356. The maximum Gasteiger partial charge on any atom is 0.243 e. The molecule has 0 aliphatic carbocycles. The summed E-state index contributed by atoms with van der Waals surface area (Å²) in [5, 5.41) is 0. The number of hydrogen-bond acceptors (Lipinski definition) is 4. The number of carbonyl (C=O) groups excluding carboxylic acids is 1. The number of amides is 1. The lowest BCUT2D eigenvalue weighted by Gasteiger charge is -2.32. The van der Waals surface area contributed by atoms with Crippen LogP contribution < -0.4 is 0 Å². The number of rotatable bonds is 3. The lowest BCUT2D eigenvalue weighted by molar-refractivity contribution is -0.135. The molecule has 1 aromatic rings. The van der Waals surface area contributed by atoms with Gasteiger partial charge in [-0.1, -0.05) is 0 Å². The molecule has 0 N–H and O–H groups in total. The normalized spacial score (nSPS) is 27.9. The number of sulfonamides is 1. The van der Waals surface area contributed by atoms with Crippen LogP contribution in [0, 0.1) is 11.7 Å². The van der Waals surface area contributed by atoms with Crippen LogP contribution in [0.25, 0.3) is 0 Å². The van der Waals surface area contributed by atoms with Gasteiger partial charge >= 0.3 is 0 Å². The van der Waals surface area contributed by atoms with Crippen molar-refractivity contribution < 1.29 is 22.3 Å². The molecule has 2 bridgehead atoms. The number of fused-ring (bicyclic) bond motifs is 2. The molecule has 8 heteroatoms. The molecular weight excluding hydrogens is 323 g/mol. The van der Waals surface area contributed by atoms with Crippen LogP contribution in [0.4, 0.5) is 4.39 Å². The number of ether oxygens (including phenoxy) is 1. The van der Waals surface area contributed by atoms with E-state index in [0.29, 0.717) is 6.42 Å². The van der Waals surface area contributed by atoms with Gasteiger partial charge in [-0.3, -0.25) is 4.79 Å². The maximum absolute atomic E-state index is 13.0. The molecule has 2 saturated heterocycles. The first-order valence-electron chi connectivity index (χ1n) is 7.41. The SMILES string of the molecule is CN(C)C(=O)[C@H]1C[C@H]2CN(S(=O)(=O)c3ccc(F)cc3)C[C@H]1O2. The van der Waals surface area contributed by atoms with Crippen molar-refractivity contribution in [2.45, 2.75) is 23.5 Å². The lowest BCUT2D eigenvalue weighted by atomic mass is 9.99. The third-order valence-electron chi connectivity index (χ3n) is 4.33. The van der Waals surface area contributed by atoms with E-state index in [0.717, 1.165) is 12.1 Å². The number of hydrogen-bond donors (Lipinski definition) is 0. The minimum absolute atomic E-state index is 0.0430. The van der Waals surface area contributed by atoms with E-state index in [1.54, 1.807) is 14.1 Å². The Balaban J connectivity index is 1.81. The summed E-state index contributed by atoms with van der Waals surface area (Å²) >= 11 is 0. The number of carbonyl (C=O) groups is 1. The minimum Gasteiger partial charge on any atom is -0.371 e. The van der Waals surface area contributed by atoms with Crippen LogP contribution >= 0.6 is 0 Å². The van der Waals surface area contributed by atoms with Crippen LogP contribution in [0.15, 0.2) is 29.2 Å². The zero-order chi connectivity index (χ0) is 16.8. The molecule has 0 radical (unpaired) electrons. The van der Waals surface area contributed by atoms with Gasteiger partial charge in [-0.15, -0.1) is 0 Å². The Morgan fingerprint density at radius 3 is 2.52 bits per heavy atom. The van der Waals surface area contributed by atoms with Gasteiger partial charge in [0.05, 0.1) is 23.0 Å². The van der Waals surface area contributed by atoms with Crippen molar-refractivity contribution in [3.63, 3.8) is 0 Å². The Kier molecular flexibility index (Phi) is 4.16. The Morgan fingerprint density at radius 2 is 1.91 bits per heavy atom. The van der Waals surface area contributed by atoms with Crippen LogP contribution in [0.1, 0.15) is 6.42 Å². The zero-order valence-corrected chi connectivity index (χ0v) is 13.8. The number of morpholine rings is 1. The molecule has 2 aliphatic heterocycles. The molecule has 6 nitrogen and oxygen atoms in total. The van der Waals surface area contributed by atoms with Crippen molar-refractivity contribution in [1.29, 1.82) is 0 Å². The van der Waals surface area contributed by atoms with Gasteiger partial charge in [-0.2, -0.15) is 4.31 Å². The van der Waals surface area contributed by atoms with Crippen molar-refractivity contribution in [2.75, 3.05) is 27.2 Å². The summed E-state index contributed by atoms with van der Waals surface area (Å²) in [4.78, 5) is 13.7. The van der Waals surface area contributed by atoms with Crippen LogP contribution in [-0.4, -0.2) is 62.9 Å². The van der Waals surface area contributed by atoms with Crippen molar-refractivity contribution in [2.24, 2.45) is 5.92 Å². The monoisotopic (exact) mass is 342 g/mol. The molecular formula is C15H19FN2O4S. The lowest BCUT2D eigenvalue weighted by Crippen LogP contribution is -2.47. The average molecular weight is 342 g/mol. The fourth-order valence-electron chi connectivity index (χ4n) is 3.17. The quantitative estimate of drug-likeness (QED) is 0.811. The van der Waals surface area contributed by atoms with Gasteiger partial charge < -0.3 is 9.64 Å². The molecule has 1 amide bonds. The molecule has 3 atom stereocenters. The third-order valence-corrected chi connectivity index (χ3v) is 6.18. The summed E-state index contributed by atoms with van der Waals surface area (Å²) in [6.07, 6.45) is -0.186. The van der Waals surface area contributed by atoms with E-state index >= 15 is 0 Å². The Hall–Kier alpha value is -1.51. The van der Waals surface area contributed by atoms with Crippen LogP contribution in [0.3, 0.4) is 0 Å². The predicted octanol–water partition coefficient (Wildman–Crippen LogP) is 0.692. The third kappa shape index (κ3) is 2.98. The topological polar surface area (TPSA) is 66.9 Å². The molecule has 2 fully saturated rings. The average Bonchev–Trinajstić information content (AvgIpc) is 2.80. The standard InChI is InChI=1S/C15H19FN2O4S/c1-17(2)15(19)13-7-11-8-18(9-14(13)22-11)23(20,21)12-5-3-10(16)4-6-12/h3-6,11,13-14H,7-9H2,1-2H3/t11-,13-,14+/m0/s1. The van der Waals surface area contributed by atoms with Gasteiger partial charge in [-0.25, -0.2) is 12.8 Å². The van der Waals surface area contributed by atoms with Gasteiger partial charge in [0.2, 0.25) is 15.9 Å². The largest absolute Gasteiger partial charge is 0.371 e. The van der Waals surface area contributed by atoms with Crippen molar-refractivity contribution >= 4 is 15.9 Å². The summed E-state index contributed by atoms with van der Waals surface area (Å²) in [6.45, 7) is 0.355. The predicted molar refractivity (Wildman–Crippen MR) is 80.6 cm³/mol. The van der Waals surface area contributed by atoms with E-state index in [9.17, 15) is 17.6 Å². The highest BCUT2D eigenvalue weighted by molar-refractivity contribution is 7.89. The summed E-state index contributed by atoms with van der Waals surface area (Å²) in [5.74, 6) is -0.843. The highest BCUT2D eigenvalue weighted by Gasteiger charge is 2.47. The second kappa shape index (κ2) is 5.85. The second-order valence-electron chi connectivity index (χ2n) is 6.15. The van der Waals surface area contributed by atoms with E-state index in [2.05, 4.69) is 0 Å². The molecule has 2 aliphatic rings. The van der Waals surface area contributed by atoms with Crippen molar-refractivity contribution in [3.8, 4) is 0 Å². The highest BCUT2D eigenvalue weighted by Crippen LogP contribution is 2.35. The van der Waals surface area contributed by atoms with Gasteiger partial charge in [0, 0.05) is 27.2 Å². The summed E-state index contributed by atoms with van der Waals surface area (Å²) in [6, 6.07) is 4.76. The summed E-state index contributed by atoms with van der Waals surface area (Å²) in [5.41, 5.74) is 0. The maximum atomic E-state index is 13.0. The van der Waals surface area contributed by atoms with E-state index in [-0.39, 0.29) is 35.9 Å². The molecule has 0 saturated carbocycles. The Labute approximate surface area is 134 Å². The molecule has 23 heavy (non-hydrogen) atoms. The fourth-order valence-corrected chi connectivity index (χ4v) is 4.65. The molecule has 0 aromatic heterocycles. The number of benzene rings is 1. The van der Waals surface area contributed by atoms with Crippen molar-refractivity contribution in [3.05, 3.63) is 30.1 Å². The smallest absolute Gasteiger partial charge is 0.243 e. The van der Waals surface area contributed by atoms with Crippen molar-refractivity contribution in [1.82, 2.24) is 9.21 Å². The number of nitrogens with zero attached hydrogens (tertiary/aromatic N) is 2. The fraction of sp³-hybridized carbons (Fsp3) is 0.533. The molecule has 3 rings (SSSR count). The van der Waals surface area contributed by atoms with E-state index in [1.807, 2.05) is 0 Å². The molecule has 126 valence electrons. The van der Waals surface area contributed by atoms with Crippen LogP contribution in [0.2, 0.25) is 0 Å². The van der Waals surface area contributed by atoms with Crippen LogP contribution in [-0.2, 0) is 19.6 Å². The minimum atomic E-state index is -3.71. The molecule has 0 spiro atoms. The van der Waals surface area contributed by atoms with Gasteiger partial charge in [0.15, 0.2) is 0 Å². The van der Waals surface area contributed by atoms with E-state index in [1.165, 1.54) is 21.3 Å². The van der Waals surface area contributed by atoms with Gasteiger partial charge in [0.1, 0.15) is 5.82 Å². The molecule has 1 aromatic carbocycles. The van der Waals surface area contributed by atoms with E-state index < -0.39 is 21.9 Å².